The summed E-state index contributed by atoms with van der Waals surface area (Å²) in [7, 11) is 0. The van der Waals surface area contributed by atoms with Crippen LogP contribution in [0.3, 0.4) is 0 Å². The average Bonchev–Trinajstić information content (AvgIpc) is 2.93. The molecule has 0 bridgehead atoms. The van der Waals surface area contributed by atoms with E-state index in [-0.39, 0.29) is 0 Å². The summed E-state index contributed by atoms with van der Waals surface area (Å²) in [6, 6.07) is 6.98. The van der Waals surface area contributed by atoms with Crippen LogP contribution in [-0.4, -0.2) is 44.8 Å². The molecule has 0 saturated carbocycles. The first kappa shape index (κ1) is 14.5. The van der Waals surface area contributed by atoms with E-state index in [0.717, 1.165) is 25.3 Å². The molecular weight excluding hydrogens is 286 g/mol. The number of aromatic nitrogens is 3. The molecule has 1 aromatic heterocycles. The quantitative estimate of drug-likeness (QED) is 0.943. The molecule has 1 aliphatic heterocycles. The van der Waals surface area contributed by atoms with Crippen LogP contribution in [0.5, 0.6) is 0 Å². The number of rotatable bonds is 3. The third-order valence-electron chi connectivity index (χ3n) is 3.74. The Bertz CT molecular complexity index is 588. The topological polar surface area (TPSA) is 46.0 Å². The Morgan fingerprint density at radius 2 is 2.05 bits per heavy atom. The smallest absolute Gasteiger partial charge is 0.138 e. The Morgan fingerprint density at radius 3 is 2.71 bits per heavy atom. The number of halogens is 1. The fraction of sp³-hybridized carbons (Fsp3) is 0.467. The van der Waals surface area contributed by atoms with Crippen molar-refractivity contribution < 1.29 is 0 Å². The molecule has 1 aliphatic rings. The highest BCUT2D eigenvalue weighted by molar-refractivity contribution is 6.30. The molecular formula is C15H20ClN5. The van der Waals surface area contributed by atoms with Crippen molar-refractivity contribution in [2.24, 2.45) is 0 Å². The van der Waals surface area contributed by atoms with E-state index in [2.05, 4.69) is 40.2 Å². The summed E-state index contributed by atoms with van der Waals surface area (Å²) in [5, 5.41) is 8.50. The third kappa shape index (κ3) is 3.43. The zero-order valence-corrected chi connectivity index (χ0v) is 13.1. The highest BCUT2D eigenvalue weighted by Crippen LogP contribution is 2.21. The van der Waals surface area contributed by atoms with Crippen LogP contribution >= 0.6 is 11.6 Å². The normalized spacial score (nSPS) is 23.4. The van der Waals surface area contributed by atoms with Crippen molar-refractivity contribution in [3.05, 3.63) is 41.4 Å². The second-order valence-corrected chi connectivity index (χ2v) is 6.21. The molecule has 2 heterocycles. The van der Waals surface area contributed by atoms with Gasteiger partial charge in [0.15, 0.2) is 0 Å². The van der Waals surface area contributed by atoms with Crippen LogP contribution in [0.4, 0.5) is 0 Å². The van der Waals surface area contributed by atoms with E-state index in [0.29, 0.717) is 17.1 Å². The van der Waals surface area contributed by atoms with Gasteiger partial charge >= 0.3 is 0 Å². The van der Waals surface area contributed by atoms with Crippen molar-refractivity contribution in [1.29, 1.82) is 0 Å². The first-order valence-corrected chi connectivity index (χ1v) is 7.61. The van der Waals surface area contributed by atoms with E-state index in [1.165, 1.54) is 5.56 Å². The number of nitrogens with one attached hydrogen (secondary N) is 1. The van der Waals surface area contributed by atoms with Gasteiger partial charge in [0.05, 0.1) is 5.69 Å². The number of hydrogen-bond donors (Lipinski definition) is 1. The van der Waals surface area contributed by atoms with Gasteiger partial charge in [-0.3, -0.25) is 4.90 Å². The van der Waals surface area contributed by atoms with E-state index in [4.69, 9.17) is 11.6 Å². The van der Waals surface area contributed by atoms with Crippen LogP contribution in [-0.2, 0) is 6.54 Å². The Hall–Kier alpha value is -1.43. The average molecular weight is 306 g/mol. The van der Waals surface area contributed by atoms with Crippen LogP contribution in [0, 0.1) is 0 Å². The highest BCUT2D eigenvalue weighted by Gasteiger charge is 2.21. The van der Waals surface area contributed by atoms with E-state index in [1.54, 1.807) is 17.3 Å². The Kier molecular flexibility index (Phi) is 4.24. The first-order valence-electron chi connectivity index (χ1n) is 7.23. The minimum Gasteiger partial charge on any atom is -0.309 e. The summed E-state index contributed by atoms with van der Waals surface area (Å²) in [4.78, 5) is 6.49. The van der Waals surface area contributed by atoms with Gasteiger partial charge in [-0.2, -0.15) is 5.10 Å². The standard InChI is InChI=1S/C15H20ClN5/c1-11-6-20(7-12(2)19-11)8-13-3-4-14(16)5-15(13)21-10-17-9-18-21/h3-5,9-12,19H,6-8H2,1-2H3. The van der Waals surface area contributed by atoms with E-state index < -0.39 is 0 Å². The number of nitrogens with zero attached hydrogens (tertiary/aromatic N) is 4. The van der Waals surface area contributed by atoms with Crippen molar-refractivity contribution in [2.45, 2.75) is 32.5 Å². The summed E-state index contributed by atoms with van der Waals surface area (Å²) >= 11 is 6.14. The molecule has 21 heavy (non-hydrogen) atoms. The van der Waals surface area contributed by atoms with E-state index in [1.807, 2.05) is 12.1 Å². The van der Waals surface area contributed by atoms with Crippen molar-refractivity contribution in [3.8, 4) is 5.69 Å². The predicted octanol–water partition coefficient (Wildman–Crippen LogP) is 2.10. The minimum absolute atomic E-state index is 0.510. The van der Waals surface area contributed by atoms with Crippen LogP contribution in [0.25, 0.3) is 5.69 Å². The van der Waals surface area contributed by atoms with Gasteiger partial charge in [-0.25, -0.2) is 9.67 Å². The van der Waals surface area contributed by atoms with Crippen molar-refractivity contribution >= 4 is 11.6 Å². The lowest BCUT2D eigenvalue weighted by molar-refractivity contribution is 0.166. The summed E-state index contributed by atoms with van der Waals surface area (Å²) in [6.45, 7) is 7.43. The van der Waals surface area contributed by atoms with Crippen molar-refractivity contribution in [1.82, 2.24) is 25.0 Å². The van der Waals surface area contributed by atoms with Gasteiger partial charge in [0.1, 0.15) is 12.7 Å². The molecule has 1 fully saturated rings. The van der Waals surface area contributed by atoms with Gasteiger partial charge in [-0.1, -0.05) is 17.7 Å². The molecule has 0 spiro atoms. The summed E-state index contributed by atoms with van der Waals surface area (Å²) in [6.07, 6.45) is 3.25. The third-order valence-corrected chi connectivity index (χ3v) is 3.98. The second-order valence-electron chi connectivity index (χ2n) is 5.78. The van der Waals surface area contributed by atoms with Gasteiger partial charge in [-0.05, 0) is 31.5 Å². The lowest BCUT2D eigenvalue weighted by Crippen LogP contribution is -2.53. The highest BCUT2D eigenvalue weighted by atomic mass is 35.5. The first-order chi connectivity index (χ1) is 10.1. The molecule has 1 N–H and O–H groups in total. The van der Waals surface area contributed by atoms with E-state index >= 15 is 0 Å². The molecule has 5 nitrogen and oxygen atoms in total. The van der Waals surface area contributed by atoms with Gasteiger partial charge in [0.25, 0.3) is 0 Å². The van der Waals surface area contributed by atoms with Crippen LogP contribution in [0.15, 0.2) is 30.9 Å². The lowest BCUT2D eigenvalue weighted by Gasteiger charge is -2.36. The Morgan fingerprint density at radius 1 is 1.29 bits per heavy atom. The fourth-order valence-corrected chi connectivity index (χ4v) is 3.19. The van der Waals surface area contributed by atoms with Crippen molar-refractivity contribution in [2.75, 3.05) is 13.1 Å². The minimum atomic E-state index is 0.510. The van der Waals surface area contributed by atoms with Crippen molar-refractivity contribution in [3.63, 3.8) is 0 Å². The molecule has 2 aromatic rings. The van der Waals surface area contributed by atoms with Gasteiger partial charge in [-0.15, -0.1) is 0 Å². The number of benzene rings is 1. The maximum atomic E-state index is 6.14. The monoisotopic (exact) mass is 305 g/mol. The Labute approximate surface area is 129 Å². The largest absolute Gasteiger partial charge is 0.309 e. The summed E-state index contributed by atoms with van der Waals surface area (Å²) < 4.78 is 1.77. The van der Waals surface area contributed by atoms with Crippen LogP contribution in [0.2, 0.25) is 5.02 Å². The molecule has 1 saturated heterocycles. The summed E-state index contributed by atoms with van der Waals surface area (Å²) in [5.41, 5.74) is 2.21. The maximum Gasteiger partial charge on any atom is 0.138 e. The van der Waals surface area contributed by atoms with Gasteiger partial charge < -0.3 is 5.32 Å². The fourth-order valence-electron chi connectivity index (χ4n) is 3.03. The Balaban J connectivity index is 1.85. The molecule has 2 unspecified atom stereocenters. The van der Waals surface area contributed by atoms with Crippen LogP contribution < -0.4 is 5.32 Å². The van der Waals surface area contributed by atoms with Gasteiger partial charge in [0.2, 0.25) is 0 Å². The second kappa shape index (κ2) is 6.13. The maximum absolute atomic E-state index is 6.14. The molecule has 0 amide bonds. The molecule has 1 aromatic carbocycles. The van der Waals surface area contributed by atoms with Gasteiger partial charge in [0, 0.05) is 36.7 Å². The molecule has 2 atom stereocenters. The zero-order valence-electron chi connectivity index (χ0n) is 12.3. The lowest BCUT2D eigenvalue weighted by atomic mass is 10.1. The zero-order chi connectivity index (χ0) is 14.8. The molecule has 112 valence electrons. The number of piperazine rings is 1. The van der Waals surface area contributed by atoms with Crippen LogP contribution in [0.1, 0.15) is 19.4 Å². The molecule has 3 rings (SSSR count). The SMILES string of the molecule is CC1CN(Cc2ccc(Cl)cc2-n2cncn2)CC(C)N1. The molecule has 0 radical (unpaired) electrons. The van der Waals surface area contributed by atoms with E-state index in [9.17, 15) is 0 Å². The predicted molar refractivity (Wildman–Crippen MR) is 83.7 cm³/mol. The molecule has 6 heteroatoms. The number of hydrogen-bond acceptors (Lipinski definition) is 4. The summed E-state index contributed by atoms with van der Waals surface area (Å²) in [5.74, 6) is 0. The molecule has 0 aliphatic carbocycles.